The summed E-state index contributed by atoms with van der Waals surface area (Å²) in [7, 11) is 0. The zero-order chi connectivity index (χ0) is 15.4. The number of hydrogen-bond acceptors (Lipinski definition) is 2. The van der Waals surface area contributed by atoms with Crippen molar-refractivity contribution >= 4 is 0 Å². The van der Waals surface area contributed by atoms with Gasteiger partial charge in [0.25, 0.3) is 0 Å². The first-order valence-corrected chi connectivity index (χ1v) is 9.37. The maximum absolute atomic E-state index is 2.73. The lowest BCUT2D eigenvalue weighted by Crippen LogP contribution is -2.38. The van der Waals surface area contributed by atoms with Crippen LogP contribution in [0.5, 0.6) is 0 Å². The molecule has 0 unspecified atom stereocenters. The second-order valence-electron chi connectivity index (χ2n) is 7.08. The highest BCUT2D eigenvalue weighted by molar-refractivity contribution is 5.32. The molecule has 3 rings (SSSR count). The minimum absolute atomic E-state index is 0.786. The van der Waals surface area contributed by atoms with E-state index in [9.17, 15) is 0 Å². The van der Waals surface area contributed by atoms with Gasteiger partial charge in [-0.2, -0.15) is 0 Å². The third-order valence-corrected chi connectivity index (χ3v) is 5.58. The van der Waals surface area contributed by atoms with Gasteiger partial charge in [-0.1, -0.05) is 32.0 Å². The fourth-order valence-corrected chi connectivity index (χ4v) is 4.26. The zero-order valence-electron chi connectivity index (χ0n) is 14.5. The average molecular weight is 300 g/mol. The van der Waals surface area contributed by atoms with E-state index in [1.807, 2.05) is 0 Å². The Bertz CT molecular complexity index is 477. The first kappa shape index (κ1) is 16.0. The highest BCUT2D eigenvalue weighted by Crippen LogP contribution is 2.23. The number of likely N-dealkylation sites (tertiary alicyclic amines) is 2. The number of nitrogens with zero attached hydrogens (tertiary/aromatic N) is 2. The van der Waals surface area contributed by atoms with Gasteiger partial charge in [0.2, 0.25) is 0 Å². The van der Waals surface area contributed by atoms with Gasteiger partial charge < -0.3 is 4.90 Å². The quantitative estimate of drug-likeness (QED) is 0.787. The Labute approximate surface area is 136 Å². The molecule has 122 valence electrons. The van der Waals surface area contributed by atoms with Crippen molar-refractivity contribution in [2.75, 3.05) is 26.2 Å². The second kappa shape index (κ2) is 7.61. The van der Waals surface area contributed by atoms with Gasteiger partial charge in [-0.3, -0.25) is 4.90 Å². The van der Waals surface area contributed by atoms with Crippen LogP contribution in [0.4, 0.5) is 0 Å². The molecule has 0 radical (unpaired) electrons. The lowest BCUT2D eigenvalue weighted by atomic mass is 10.00. The van der Waals surface area contributed by atoms with Crippen molar-refractivity contribution in [1.29, 1.82) is 0 Å². The van der Waals surface area contributed by atoms with Gasteiger partial charge in [-0.25, -0.2) is 0 Å². The molecule has 22 heavy (non-hydrogen) atoms. The molecule has 2 saturated heterocycles. The molecule has 1 aromatic rings. The molecule has 0 amide bonds. The average Bonchev–Trinajstić information content (AvgIpc) is 3.20. The van der Waals surface area contributed by atoms with Crippen molar-refractivity contribution in [2.45, 2.75) is 65.0 Å². The minimum Gasteiger partial charge on any atom is -0.302 e. The number of rotatable bonds is 6. The molecule has 0 aliphatic carbocycles. The third kappa shape index (κ3) is 3.72. The normalized spacial score (nSPS) is 23.5. The molecule has 0 spiro atoms. The number of aryl methyl sites for hydroxylation is 2. The molecule has 0 bridgehead atoms. The molecule has 2 fully saturated rings. The molecule has 2 aliphatic heterocycles. The van der Waals surface area contributed by atoms with Crippen molar-refractivity contribution in [2.24, 2.45) is 0 Å². The van der Waals surface area contributed by atoms with Crippen LogP contribution in [0.15, 0.2) is 18.2 Å². The largest absolute Gasteiger partial charge is 0.302 e. The van der Waals surface area contributed by atoms with Crippen LogP contribution < -0.4 is 0 Å². The van der Waals surface area contributed by atoms with Crippen LogP contribution in [0, 0.1) is 0 Å². The standard InChI is InChI=1S/C20H32N2/c1-3-18-10-9-17(14-19(18)4-2)15-22-13-7-8-20(22)16-21-11-5-6-12-21/h9-10,14,20H,3-8,11-13,15-16H2,1-2H3/t20-/m0/s1. The van der Waals surface area contributed by atoms with Crippen molar-refractivity contribution < 1.29 is 0 Å². The molecule has 2 heteroatoms. The highest BCUT2D eigenvalue weighted by Gasteiger charge is 2.27. The fraction of sp³-hybridized carbons (Fsp3) is 0.700. The van der Waals surface area contributed by atoms with Crippen molar-refractivity contribution in [1.82, 2.24) is 9.80 Å². The van der Waals surface area contributed by atoms with E-state index >= 15 is 0 Å². The Morgan fingerprint density at radius 1 is 0.955 bits per heavy atom. The summed E-state index contributed by atoms with van der Waals surface area (Å²) in [6, 6.07) is 7.97. The summed E-state index contributed by atoms with van der Waals surface area (Å²) in [6.45, 7) is 10.9. The number of hydrogen-bond donors (Lipinski definition) is 0. The molecule has 0 aromatic heterocycles. The summed E-state index contributed by atoms with van der Waals surface area (Å²) in [5.41, 5.74) is 4.60. The lowest BCUT2D eigenvalue weighted by Gasteiger charge is -2.28. The Morgan fingerprint density at radius 2 is 1.73 bits per heavy atom. The summed E-state index contributed by atoms with van der Waals surface area (Å²) < 4.78 is 0. The molecule has 2 heterocycles. The van der Waals surface area contributed by atoms with Gasteiger partial charge >= 0.3 is 0 Å². The zero-order valence-corrected chi connectivity index (χ0v) is 14.5. The van der Waals surface area contributed by atoms with Crippen LogP contribution in [-0.4, -0.2) is 42.0 Å². The van der Waals surface area contributed by atoms with Gasteiger partial charge in [0, 0.05) is 19.1 Å². The topological polar surface area (TPSA) is 6.48 Å². The van der Waals surface area contributed by atoms with Crippen LogP contribution in [0.3, 0.4) is 0 Å². The van der Waals surface area contributed by atoms with E-state index in [0.29, 0.717) is 0 Å². The molecule has 1 aromatic carbocycles. The third-order valence-electron chi connectivity index (χ3n) is 5.58. The van der Waals surface area contributed by atoms with E-state index in [1.165, 1.54) is 63.0 Å². The predicted octanol–water partition coefficient (Wildman–Crippen LogP) is 3.87. The summed E-state index contributed by atoms with van der Waals surface area (Å²) in [5, 5.41) is 0. The van der Waals surface area contributed by atoms with E-state index in [4.69, 9.17) is 0 Å². The van der Waals surface area contributed by atoms with Gasteiger partial charge in [-0.15, -0.1) is 0 Å². The fourth-order valence-electron chi connectivity index (χ4n) is 4.26. The number of benzene rings is 1. The molecule has 2 aliphatic rings. The molecule has 0 N–H and O–H groups in total. The van der Waals surface area contributed by atoms with E-state index in [-0.39, 0.29) is 0 Å². The van der Waals surface area contributed by atoms with E-state index < -0.39 is 0 Å². The smallest absolute Gasteiger partial charge is 0.0237 e. The Hall–Kier alpha value is -0.860. The molecule has 2 nitrogen and oxygen atoms in total. The van der Waals surface area contributed by atoms with Crippen molar-refractivity contribution in [3.8, 4) is 0 Å². The first-order valence-electron chi connectivity index (χ1n) is 9.37. The molecular weight excluding hydrogens is 268 g/mol. The van der Waals surface area contributed by atoms with Crippen LogP contribution >= 0.6 is 0 Å². The second-order valence-corrected chi connectivity index (χ2v) is 7.08. The maximum Gasteiger partial charge on any atom is 0.0237 e. The molecular formula is C20H32N2. The molecule has 0 saturated carbocycles. The van der Waals surface area contributed by atoms with Crippen molar-refractivity contribution in [3.63, 3.8) is 0 Å². The van der Waals surface area contributed by atoms with E-state index in [1.54, 1.807) is 5.56 Å². The van der Waals surface area contributed by atoms with E-state index in [0.717, 1.165) is 25.4 Å². The lowest BCUT2D eigenvalue weighted by molar-refractivity contribution is 0.185. The first-order chi connectivity index (χ1) is 10.8. The van der Waals surface area contributed by atoms with Gasteiger partial charge in [0.15, 0.2) is 0 Å². The van der Waals surface area contributed by atoms with Crippen LogP contribution in [0.2, 0.25) is 0 Å². The Morgan fingerprint density at radius 3 is 2.45 bits per heavy atom. The van der Waals surface area contributed by atoms with Gasteiger partial charge in [0.05, 0.1) is 0 Å². The van der Waals surface area contributed by atoms with Crippen LogP contribution in [0.25, 0.3) is 0 Å². The predicted molar refractivity (Wildman–Crippen MR) is 94.3 cm³/mol. The van der Waals surface area contributed by atoms with Crippen molar-refractivity contribution in [3.05, 3.63) is 34.9 Å². The van der Waals surface area contributed by atoms with Crippen LogP contribution in [0.1, 0.15) is 56.2 Å². The molecule has 1 atom stereocenters. The highest BCUT2D eigenvalue weighted by atomic mass is 15.2. The monoisotopic (exact) mass is 300 g/mol. The maximum atomic E-state index is 2.73. The summed E-state index contributed by atoms with van der Waals surface area (Å²) in [4.78, 5) is 5.42. The summed E-state index contributed by atoms with van der Waals surface area (Å²) in [6.07, 6.45) is 7.91. The SMILES string of the molecule is CCc1ccc(CN2CCC[C@H]2CN2CCCC2)cc1CC. The van der Waals surface area contributed by atoms with E-state index in [2.05, 4.69) is 41.8 Å². The Kier molecular flexibility index (Phi) is 5.54. The van der Waals surface area contributed by atoms with Gasteiger partial charge in [-0.05, 0) is 74.8 Å². The summed E-state index contributed by atoms with van der Waals surface area (Å²) >= 11 is 0. The van der Waals surface area contributed by atoms with Crippen LogP contribution in [-0.2, 0) is 19.4 Å². The van der Waals surface area contributed by atoms with Gasteiger partial charge in [0.1, 0.15) is 0 Å². The Balaban J connectivity index is 1.63. The minimum atomic E-state index is 0.786. The summed E-state index contributed by atoms with van der Waals surface area (Å²) in [5.74, 6) is 0.